The maximum Gasteiger partial charge on any atom is 0.278 e. The lowest BCUT2D eigenvalue weighted by atomic mass is 10.3. The number of hydrogen-bond acceptors (Lipinski definition) is 5. The minimum Gasteiger partial charge on any atom is -0.396 e. The lowest BCUT2D eigenvalue weighted by molar-refractivity contribution is 0.101. The highest BCUT2D eigenvalue weighted by Gasteiger charge is 2.17. The number of halogens is 1. The van der Waals surface area contributed by atoms with Gasteiger partial charge in [0.1, 0.15) is 10.8 Å². The van der Waals surface area contributed by atoms with Gasteiger partial charge in [0.25, 0.3) is 5.91 Å². The van der Waals surface area contributed by atoms with E-state index in [1.807, 2.05) is 6.92 Å². The normalized spacial score (nSPS) is 10.5. The van der Waals surface area contributed by atoms with E-state index in [1.165, 1.54) is 10.9 Å². The van der Waals surface area contributed by atoms with Gasteiger partial charge in [-0.1, -0.05) is 11.6 Å². The number of nitrogens with one attached hydrogen (secondary N) is 1. The van der Waals surface area contributed by atoms with Gasteiger partial charge in [0, 0.05) is 12.2 Å². The highest BCUT2D eigenvalue weighted by molar-refractivity contribution is 6.29. The van der Waals surface area contributed by atoms with Gasteiger partial charge >= 0.3 is 0 Å². The molecule has 0 aromatic carbocycles. The summed E-state index contributed by atoms with van der Waals surface area (Å²) in [5.41, 5.74) is 6.96. The molecule has 0 fully saturated rings. The summed E-state index contributed by atoms with van der Waals surface area (Å²) in [4.78, 5) is 20.1. The van der Waals surface area contributed by atoms with Crippen LogP contribution in [0.25, 0.3) is 0 Å². The van der Waals surface area contributed by atoms with Crippen molar-refractivity contribution in [2.45, 2.75) is 20.4 Å². The third-order valence-corrected chi connectivity index (χ3v) is 2.62. The minimum absolute atomic E-state index is 0.137. The van der Waals surface area contributed by atoms with Crippen molar-refractivity contribution >= 4 is 29.1 Å². The van der Waals surface area contributed by atoms with Crippen LogP contribution in [0.1, 0.15) is 23.1 Å². The fourth-order valence-corrected chi connectivity index (χ4v) is 1.87. The SMILES string of the molecule is CCn1ncc(N)c1C(=O)Nc1nc(C)cc(Cl)n1. The molecule has 0 bridgehead atoms. The van der Waals surface area contributed by atoms with Crippen LogP contribution in [0.4, 0.5) is 11.6 Å². The van der Waals surface area contributed by atoms with Gasteiger partial charge in [-0.05, 0) is 19.9 Å². The average molecular weight is 281 g/mol. The van der Waals surface area contributed by atoms with Crippen molar-refractivity contribution in [1.82, 2.24) is 19.7 Å². The fraction of sp³-hybridized carbons (Fsp3) is 0.273. The number of nitrogens with zero attached hydrogens (tertiary/aromatic N) is 4. The zero-order chi connectivity index (χ0) is 14.0. The summed E-state index contributed by atoms with van der Waals surface area (Å²) in [6, 6.07) is 1.60. The molecule has 0 unspecified atom stereocenters. The number of carbonyl (C=O) groups excluding carboxylic acids is 1. The van der Waals surface area contributed by atoms with Crippen molar-refractivity contribution in [3.05, 3.63) is 28.8 Å². The van der Waals surface area contributed by atoms with E-state index in [-0.39, 0.29) is 16.8 Å². The Bertz CT molecular complexity index is 603. The number of aryl methyl sites for hydroxylation is 2. The second-order valence-corrected chi connectivity index (χ2v) is 4.26. The minimum atomic E-state index is -0.418. The summed E-state index contributed by atoms with van der Waals surface area (Å²) in [7, 11) is 0. The first-order chi connectivity index (χ1) is 9.01. The van der Waals surface area contributed by atoms with Gasteiger partial charge < -0.3 is 5.73 Å². The van der Waals surface area contributed by atoms with Gasteiger partial charge in [-0.2, -0.15) is 5.10 Å². The molecule has 0 saturated carbocycles. The Hall–Kier alpha value is -2.15. The molecule has 0 spiro atoms. The van der Waals surface area contributed by atoms with Crippen LogP contribution in [0.5, 0.6) is 0 Å². The number of nitrogens with two attached hydrogens (primary N) is 1. The quantitative estimate of drug-likeness (QED) is 0.830. The van der Waals surface area contributed by atoms with Crippen molar-refractivity contribution in [3.8, 4) is 0 Å². The molecule has 0 aliphatic carbocycles. The van der Waals surface area contributed by atoms with Gasteiger partial charge in [-0.3, -0.25) is 14.8 Å². The number of amides is 1. The topological polar surface area (TPSA) is 98.7 Å². The van der Waals surface area contributed by atoms with E-state index >= 15 is 0 Å². The van der Waals surface area contributed by atoms with Gasteiger partial charge in [0.05, 0.1) is 11.9 Å². The Labute approximate surface area is 114 Å². The maximum atomic E-state index is 12.1. The molecule has 0 aliphatic rings. The first-order valence-electron chi connectivity index (χ1n) is 5.65. The Morgan fingerprint density at radius 2 is 2.26 bits per heavy atom. The Kier molecular flexibility index (Phi) is 3.66. The Morgan fingerprint density at radius 1 is 1.53 bits per heavy atom. The van der Waals surface area contributed by atoms with Gasteiger partial charge in [-0.25, -0.2) is 9.97 Å². The molecule has 19 heavy (non-hydrogen) atoms. The van der Waals surface area contributed by atoms with Gasteiger partial charge in [0.2, 0.25) is 5.95 Å². The van der Waals surface area contributed by atoms with Crippen molar-refractivity contribution in [2.75, 3.05) is 11.1 Å². The smallest absolute Gasteiger partial charge is 0.278 e. The number of hydrogen-bond donors (Lipinski definition) is 2. The summed E-state index contributed by atoms with van der Waals surface area (Å²) in [6.45, 7) is 4.16. The summed E-state index contributed by atoms with van der Waals surface area (Å²) >= 11 is 5.80. The molecule has 2 heterocycles. The molecule has 1 amide bonds. The second-order valence-electron chi connectivity index (χ2n) is 3.87. The van der Waals surface area contributed by atoms with E-state index in [2.05, 4.69) is 20.4 Å². The van der Waals surface area contributed by atoms with Crippen LogP contribution < -0.4 is 11.1 Å². The highest BCUT2D eigenvalue weighted by Crippen LogP contribution is 2.14. The Balaban J connectivity index is 2.28. The molecule has 100 valence electrons. The number of nitrogen functional groups attached to an aromatic ring is 1. The zero-order valence-electron chi connectivity index (χ0n) is 10.5. The van der Waals surface area contributed by atoms with Crippen molar-refractivity contribution in [1.29, 1.82) is 0 Å². The van der Waals surface area contributed by atoms with Crippen LogP contribution in [0.2, 0.25) is 5.15 Å². The number of rotatable bonds is 3. The van der Waals surface area contributed by atoms with Crippen LogP contribution in [0.15, 0.2) is 12.3 Å². The van der Waals surface area contributed by atoms with Crippen molar-refractivity contribution in [2.24, 2.45) is 0 Å². The molecule has 3 N–H and O–H groups in total. The van der Waals surface area contributed by atoms with Gasteiger partial charge in [0.15, 0.2) is 0 Å². The summed E-state index contributed by atoms with van der Waals surface area (Å²) in [5, 5.41) is 6.81. The maximum absolute atomic E-state index is 12.1. The predicted molar refractivity (Wildman–Crippen MR) is 72.0 cm³/mol. The molecule has 8 heteroatoms. The molecular weight excluding hydrogens is 268 g/mol. The third kappa shape index (κ3) is 2.82. The van der Waals surface area contributed by atoms with E-state index in [1.54, 1.807) is 13.0 Å². The van der Waals surface area contributed by atoms with E-state index < -0.39 is 5.91 Å². The molecule has 2 aromatic heterocycles. The zero-order valence-corrected chi connectivity index (χ0v) is 11.3. The second kappa shape index (κ2) is 5.23. The molecule has 2 rings (SSSR count). The van der Waals surface area contributed by atoms with Crippen molar-refractivity contribution in [3.63, 3.8) is 0 Å². The molecular formula is C11H13ClN6O. The van der Waals surface area contributed by atoms with E-state index in [0.717, 1.165) is 0 Å². The van der Waals surface area contributed by atoms with Crippen LogP contribution in [0, 0.1) is 6.92 Å². The molecule has 0 saturated heterocycles. The first-order valence-corrected chi connectivity index (χ1v) is 6.03. The first kappa shape index (κ1) is 13.3. The van der Waals surface area contributed by atoms with Crippen LogP contribution in [0.3, 0.4) is 0 Å². The van der Waals surface area contributed by atoms with Gasteiger partial charge in [-0.15, -0.1) is 0 Å². The number of anilines is 2. The summed E-state index contributed by atoms with van der Waals surface area (Å²) in [6.07, 6.45) is 1.43. The molecule has 0 radical (unpaired) electrons. The largest absolute Gasteiger partial charge is 0.396 e. The fourth-order valence-electron chi connectivity index (χ4n) is 1.63. The number of carbonyl (C=O) groups is 1. The van der Waals surface area contributed by atoms with E-state index in [4.69, 9.17) is 17.3 Å². The van der Waals surface area contributed by atoms with E-state index in [9.17, 15) is 4.79 Å². The monoisotopic (exact) mass is 280 g/mol. The number of aromatic nitrogens is 4. The van der Waals surface area contributed by atoms with E-state index in [0.29, 0.717) is 17.9 Å². The summed E-state index contributed by atoms with van der Waals surface area (Å²) < 4.78 is 1.50. The molecule has 7 nitrogen and oxygen atoms in total. The third-order valence-electron chi connectivity index (χ3n) is 2.43. The molecule has 0 aliphatic heterocycles. The lowest BCUT2D eigenvalue weighted by Crippen LogP contribution is -2.20. The predicted octanol–water partition coefficient (Wildman–Crippen LogP) is 1.49. The van der Waals surface area contributed by atoms with Crippen LogP contribution >= 0.6 is 11.6 Å². The summed E-state index contributed by atoms with van der Waals surface area (Å²) in [5.74, 6) is -0.281. The standard InChI is InChI=1S/C11H13ClN6O/c1-3-18-9(7(13)5-14-18)10(19)17-11-15-6(2)4-8(12)16-11/h4-5H,3,13H2,1-2H3,(H,15,16,17,19). The van der Waals surface area contributed by atoms with Crippen LogP contribution in [-0.2, 0) is 6.54 Å². The Morgan fingerprint density at radius 3 is 2.89 bits per heavy atom. The van der Waals surface area contributed by atoms with Crippen LogP contribution in [-0.4, -0.2) is 25.7 Å². The molecule has 2 aromatic rings. The molecule has 0 atom stereocenters. The average Bonchev–Trinajstić information content (AvgIpc) is 2.68. The highest BCUT2D eigenvalue weighted by atomic mass is 35.5. The van der Waals surface area contributed by atoms with Crippen molar-refractivity contribution < 1.29 is 4.79 Å². The lowest BCUT2D eigenvalue weighted by Gasteiger charge is -2.07.